The summed E-state index contributed by atoms with van der Waals surface area (Å²) in [5, 5.41) is 0. The zero-order chi connectivity index (χ0) is 10.9. The molecule has 0 radical (unpaired) electrons. The number of benzene rings is 1. The number of rotatable bonds is 4. The third-order valence-corrected chi connectivity index (χ3v) is 3.84. The van der Waals surface area contributed by atoms with Crippen molar-refractivity contribution in [2.75, 3.05) is 6.26 Å². The monoisotopic (exact) mass is 225 g/mol. The second kappa shape index (κ2) is 3.94. The molecule has 1 aromatic carbocycles. The van der Waals surface area contributed by atoms with Gasteiger partial charge < -0.3 is 0 Å². The van der Waals surface area contributed by atoms with Crippen molar-refractivity contribution >= 4 is 10.0 Å². The SMILES string of the molecule is CS(=O)(=O)N(Cc1ccccc1)C1CC1. The Balaban J connectivity index is 2.14. The molecule has 0 spiro atoms. The van der Waals surface area contributed by atoms with Gasteiger partial charge in [-0.3, -0.25) is 0 Å². The van der Waals surface area contributed by atoms with E-state index in [1.807, 2.05) is 30.3 Å². The number of hydrogen-bond donors (Lipinski definition) is 0. The van der Waals surface area contributed by atoms with Crippen molar-refractivity contribution < 1.29 is 8.42 Å². The van der Waals surface area contributed by atoms with E-state index in [9.17, 15) is 8.42 Å². The average molecular weight is 225 g/mol. The molecule has 0 N–H and O–H groups in total. The lowest BCUT2D eigenvalue weighted by molar-refractivity contribution is 0.402. The maximum atomic E-state index is 11.5. The van der Waals surface area contributed by atoms with Crippen LogP contribution in [0.3, 0.4) is 0 Å². The van der Waals surface area contributed by atoms with Gasteiger partial charge in [0.05, 0.1) is 6.26 Å². The van der Waals surface area contributed by atoms with Gasteiger partial charge in [-0.25, -0.2) is 8.42 Å². The molecule has 0 saturated heterocycles. The standard InChI is InChI=1S/C11H15NO2S/c1-15(13,14)12(11-7-8-11)9-10-5-3-2-4-6-10/h2-6,11H,7-9H2,1H3. The lowest BCUT2D eigenvalue weighted by Crippen LogP contribution is -2.31. The van der Waals surface area contributed by atoms with Crippen molar-refractivity contribution in [3.8, 4) is 0 Å². The Morgan fingerprint density at radius 3 is 2.33 bits per heavy atom. The van der Waals surface area contributed by atoms with E-state index in [1.54, 1.807) is 4.31 Å². The van der Waals surface area contributed by atoms with Crippen LogP contribution in [0, 0.1) is 0 Å². The van der Waals surface area contributed by atoms with Gasteiger partial charge in [-0.15, -0.1) is 0 Å². The molecule has 15 heavy (non-hydrogen) atoms. The molecule has 0 atom stereocenters. The first-order chi connectivity index (χ1) is 7.07. The predicted octanol–water partition coefficient (Wildman–Crippen LogP) is 1.61. The fourth-order valence-electron chi connectivity index (χ4n) is 1.64. The molecule has 1 aliphatic carbocycles. The highest BCUT2D eigenvalue weighted by molar-refractivity contribution is 7.88. The van der Waals surface area contributed by atoms with E-state index in [-0.39, 0.29) is 6.04 Å². The van der Waals surface area contributed by atoms with Crippen LogP contribution in [-0.2, 0) is 16.6 Å². The van der Waals surface area contributed by atoms with Crippen LogP contribution in [0.1, 0.15) is 18.4 Å². The number of nitrogens with zero attached hydrogens (tertiary/aromatic N) is 1. The van der Waals surface area contributed by atoms with E-state index in [0.29, 0.717) is 6.54 Å². The van der Waals surface area contributed by atoms with Crippen molar-refractivity contribution in [3.05, 3.63) is 35.9 Å². The molecule has 1 fully saturated rings. The molecule has 1 aromatic rings. The van der Waals surface area contributed by atoms with E-state index in [2.05, 4.69) is 0 Å². The zero-order valence-electron chi connectivity index (χ0n) is 8.76. The fourth-order valence-corrected chi connectivity index (χ4v) is 2.78. The summed E-state index contributed by atoms with van der Waals surface area (Å²) in [6, 6.07) is 9.96. The van der Waals surface area contributed by atoms with Crippen LogP contribution in [0.5, 0.6) is 0 Å². The first-order valence-electron chi connectivity index (χ1n) is 5.08. The van der Waals surface area contributed by atoms with Crippen molar-refractivity contribution in [1.82, 2.24) is 4.31 Å². The summed E-state index contributed by atoms with van der Waals surface area (Å²) in [6.07, 6.45) is 3.29. The Morgan fingerprint density at radius 1 is 1.27 bits per heavy atom. The maximum Gasteiger partial charge on any atom is 0.211 e. The van der Waals surface area contributed by atoms with Gasteiger partial charge in [0.15, 0.2) is 0 Å². The van der Waals surface area contributed by atoms with Gasteiger partial charge in [0.25, 0.3) is 0 Å². The van der Waals surface area contributed by atoms with E-state index < -0.39 is 10.0 Å². The highest BCUT2D eigenvalue weighted by atomic mass is 32.2. The lowest BCUT2D eigenvalue weighted by Gasteiger charge is -2.19. The largest absolute Gasteiger partial charge is 0.212 e. The smallest absolute Gasteiger partial charge is 0.211 e. The van der Waals surface area contributed by atoms with Gasteiger partial charge in [0.2, 0.25) is 10.0 Å². The van der Waals surface area contributed by atoms with Crippen LogP contribution in [0.2, 0.25) is 0 Å². The molecule has 3 nitrogen and oxygen atoms in total. The normalized spacial score (nSPS) is 16.9. The van der Waals surface area contributed by atoms with Crippen LogP contribution in [0.4, 0.5) is 0 Å². The minimum absolute atomic E-state index is 0.236. The summed E-state index contributed by atoms with van der Waals surface area (Å²) in [6.45, 7) is 0.504. The highest BCUT2D eigenvalue weighted by Gasteiger charge is 2.34. The second-order valence-electron chi connectivity index (χ2n) is 4.02. The van der Waals surface area contributed by atoms with Gasteiger partial charge in [0, 0.05) is 12.6 Å². The first kappa shape index (κ1) is 10.6. The van der Waals surface area contributed by atoms with Gasteiger partial charge in [-0.05, 0) is 18.4 Å². The summed E-state index contributed by atoms with van der Waals surface area (Å²) >= 11 is 0. The molecule has 0 aliphatic heterocycles. The first-order valence-corrected chi connectivity index (χ1v) is 6.93. The number of hydrogen-bond acceptors (Lipinski definition) is 2. The zero-order valence-corrected chi connectivity index (χ0v) is 9.57. The average Bonchev–Trinajstić information content (AvgIpc) is 2.97. The van der Waals surface area contributed by atoms with Crippen LogP contribution >= 0.6 is 0 Å². The molecule has 0 unspecified atom stereocenters. The Bertz CT molecular complexity index is 423. The van der Waals surface area contributed by atoms with Crippen LogP contribution in [-0.4, -0.2) is 25.0 Å². The van der Waals surface area contributed by atoms with Crippen molar-refractivity contribution in [2.24, 2.45) is 0 Å². The Hall–Kier alpha value is -0.870. The third kappa shape index (κ3) is 2.79. The second-order valence-corrected chi connectivity index (χ2v) is 5.96. The summed E-state index contributed by atoms with van der Waals surface area (Å²) in [5.74, 6) is 0. The number of sulfonamides is 1. The molecule has 0 amide bonds. The minimum atomic E-state index is -3.07. The molecule has 0 heterocycles. The molecular weight excluding hydrogens is 210 g/mol. The summed E-state index contributed by atoms with van der Waals surface area (Å²) < 4.78 is 24.7. The highest BCUT2D eigenvalue weighted by Crippen LogP contribution is 2.30. The van der Waals surface area contributed by atoms with Gasteiger partial charge >= 0.3 is 0 Å². The van der Waals surface area contributed by atoms with Crippen LogP contribution in [0.25, 0.3) is 0 Å². The van der Waals surface area contributed by atoms with Crippen LogP contribution in [0.15, 0.2) is 30.3 Å². The lowest BCUT2D eigenvalue weighted by atomic mass is 10.2. The Kier molecular flexibility index (Phi) is 2.80. The minimum Gasteiger partial charge on any atom is -0.212 e. The molecule has 1 saturated carbocycles. The van der Waals surface area contributed by atoms with Gasteiger partial charge in [-0.2, -0.15) is 4.31 Å². The van der Waals surface area contributed by atoms with Crippen molar-refractivity contribution in [2.45, 2.75) is 25.4 Å². The van der Waals surface area contributed by atoms with Crippen molar-refractivity contribution in [1.29, 1.82) is 0 Å². The fraction of sp³-hybridized carbons (Fsp3) is 0.455. The molecule has 0 bridgehead atoms. The topological polar surface area (TPSA) is 37.4 Å². The third-order valence-electron chi connectivity index (χ3n) is 2.56. The van der Waals surface area contributed by atoms with E-state index >= 15 is 0 Å². The summed E-state index contributed by atoms with van der Waals surface area (Å²) in [7, 11) is -3.07. The molecule has 2 rings (SSSR count). The van der Waals surface area contributed by atoms with Crippen LogP contribution < -0.4 is 0 Å². The molecule has 1 aliphatic rings. The van der Waals surface area contributed by atoms with E-state index in [0.717, 1.165) is 18.4 Å². The quantitative estimate of drug-likeness (QED) is 0.780. The van der Waals surface area contributed by atoms with Gasteiger partial charge in [0.1, 0.15) is 0 Å². The van der Waals surface area contributed by atoms with Gasteiger partial charge in [-0.1, -0.05) is 30.3 Å². The maximum absolute atomic E-state index is 11.5. The van der Waals surface area contributed by atoms with Crippen molar-refractivity contribution in [3.63, 3.8) is 0 Å². The molecule has 4 heteroatoms. The van der Waals surface area contributed by atoms with E-state index in [4.69, 9.17) is 0 Å². The van der Waals surface area contributed by atoms with E-state index in [1.165, 1.54) is 6.26 Å². The molecule has 0 aromatic heterocycles. The molecule has 82 valence electrons. The Labute approximate surface area is 90.8 Å². The Morgan fingerprint density at radius 2 is 1.87 bits per heavy atom. The predicted molar refractivity (Wildman–Crippen MR) is 59.9 cm³/mol. The summed E-state index contributed by atoms with van der Waals surface area (Å²) in [5.41, 5.74) is 1.05. The molecular formula is C11H15NO2S. The summed E-state index contributed by atoms with van der Waals surface area (Å²) in [4.78, 5) is 0.